The Bertz CT molecular complexity index is 687. The van der Waals surface area contributed by atoms with Crippen LogP contribution >= 0.6 is 0 Å². The van der Waals surface area contributed by atoms with Crippen LogP contribution in [0.25, 0.3) is 0 Å². The van der Waals surface area contributed by atoms with E-state index in [-0.39, 0.29) is 22.6 Å². The smallest absolute Gasteiger partial charge is 0.308 e. The standard InChI is InChI=1S/C19H23NO3/c1-12(21)23-14-7-5-13(6-8-14)20-11-15-16-9-10-19(4,17(15)22)18(16,2)3/h5-8,11,16,20H,9-10H2,1-4H3/b15-11-/t16-,19+/m0/s1. The number of Topliss-reactive ketones (excluding diaryl/α,β-unsaturated/α-hetero) is 1. The molecule has 1 aromatic carbocycles. The van der Waals surface area contributed by atoms with Gasteiger partial charge in [-0.2, -0.15) is 0 Å². The minimum atomic E-state index is -0.337. The Kier molecular flexibility index (Phi) is 3.58. The second kappa shape index (κ2) is 5.22. The topological polar surface area (TPSA) is 55.4 Å². The summed E-state index contributed by atoms with van der Waals surface area (Å²) in [6.45, 7) is 7.89. The molecule has 4 nitrogen and oxygen atoms in total. The highest BCUT2D eigenvalue weighted by atomic mass is 16.5. The molecule has 1 aromatic rings. The Morgan fingerprint density at radius 1 is 1.26 bits per heavy atom. The van der Waals surface area contributed by atoms with E-state index in [1.54, 1.807) is 12.1 Å². The van der Waals surface area contributed by atoms with E-state index in [4.69, 9.17) is 4.74 Å². The van der Waals surface area contributed by atoms with Crippen molar-refractivity contribution in [2.45, 2.75) is 40.5 Å². The van der Waals surface area contributed by atoms with E-state index in [1.807, 2.05) is 18.3 Å². The normalized spacial score (nSPS) is 29.8. The maximum atomic E-state index is 12.7. The summed E-state index contributed by atoms with van der Waals surface area (Å²) in [6.07, 6.45) is 3.92. The van der Waals surface area contributed by atoms with Crippen LogP contribution in [-0.4, -0.2) is 11.8 Å². The first-order valence-electron chi connectivity index (χ1n) is 8.05. The van der Waals surface area contributed by atoms with Crippen LogP contribution in [0.5, 0.6) is 5.75 Å². The molecule has 1 N–H and O–H groups in total. The number of ketones is 1. The molecule has 2 aliphatic rings. The van der Waals surface area contributed by atoms with Gasteiger partial charge in [0.25, 0.3) is 0 Å². The molecule has 0 aromatic heterocycles. The molecule has 0 radical (unpaired) electrons. The summed E-state index contributed by atoms with van der Waals surface area (Å²) in [5.74, 6) is 0.784. The van der Waals surface area contributed by atoms with Crippen LogP contribution in [0.15, 0.2) is 36.0 Å². The molecule has 2 aliphatic carbocycles. The van der Waals surface area contributed by atoms with Crippen molar-refractivity contribution >= 4 is 17.4 Å². The minimum Gasteiger partial charge on any atom is -0.427 e. The number of nitrogens with one attached hydrogen (secondary N) is 1. The largest absolute Gasteiger partial charge is 0.427 e. The zero-order valence-electron chi connectivity index (χ0n) is 14.1. The fourth-order valence-corrected chi connectivity index (χ4v) is 4.04. The summed E-state index contributed by atoms with van der Waals surface area (Å²) in [7, 11) is 0. The number of carbonyl (C=O) groups excluding carboxylic acids is 2. The number of allylic oxidation sites excluding steroid dienone is 1. The molecule has 2 bridgehead atoms. The quantitative estimate of drug-likeness (QED) is 0.522. The lowest BCUT2D eigenvalue weighted by molar-refractivity contribution is -0.132. The number of ether oxygens (including phenoxy) is 1. The van der Waals surface area contributed by atoms with Gasteiger partial charge in [-0.25, -0.2) is 0 Å². The molecule has 2 atom stereocenters. The van der Waals surface area contributed by atoms with Gasteiger partial charge in [0.1, 0.15) is 5.75 Å². The molecule has 0 saturated heterocycles. The van der Waals surface area contributed by atoms with Crippen LogP contribution in [-0.2, 0) is 9.59 Å². The van der Waals surface area contributed by atoms with Crippen LogP contribution in [0.2, 0.25) is 0 Å². The lowest BCUT2D eigenvalue weighted by Crippen LogP contribution is -2.32. The van der Waals surface area contributed by atoms with Crippen molar-refractivity contribution in [2.24, 2.45) is 16.7 Å². The van der Waals surface area contributed by atoms with Gasteiger partial charge in [-0.3, -0.25) is 9.59 Å². The van der Waals surface area contributed by atoms with Gasteiger partial charge in [-0.15, -0.1) is 0 Å². The van der Waals surface area contributed by atoms with Gasteiger partial charge in [-0.05, 0) is 48.4 Å². The second-order valence-electron chi connectivity index (χ2n) is 7.34. The highest BCUT2D eigenvalue weighted by Gasteiger charge is 2.63. The van der Waals surface area contributed by atoms with Crippen molar-refractivity contribution in [1.29, 1.82) is 0 Å². The Morgan fingerprint density at radius 2 is 1.91 bits per heavy atom. The average molecular weight is 313 g/mol. The first kappa shape index (κ1) is 15.8. The first-order valence-corrected chi connectivity index (χ1v) is 8.05. The van der Waals surface area contributed by atoms with E-state index >= 15 is 0 Å². The summed E-state index contributed by atoms with van der Waals surface area (Å²) >= 11 is 0. The van der Waals surface area contributed by atoms with Gasteiger partial charge in [0, 0.05) is 29.8 Å². The number of benzene rings is 1. The van der Waals surface area contributed by atoms with E-state index in [0.29, 0.717) is 11.7 Å². The second-order valence-corrected chi connectivity index (χ2v) is 7.34. The highest BCUT2D eigenvalue weighted by Crippen LogP contribution is 2.65. The molecule has 0 amide bonds. The van der Waals surface area contributed by atoms with Crippen molar-refractivity contribution in [1.82, 2.24) is 0 Å². The number of hydrogen-bond donors (Lipinski definition) is 1. The van der Waals surface area contributed by atoms with Crippen molar-refractivity contribution in [3.63, 3.8) is 0 Å². The predicted octanol–water partition coefficient (Wildman–Crippen LogP) is 3.93. The van der Waals surface area contributed by atoms with Crippen molar-refractivity contribution in [2.75, 3.05) is 5.32 Å². The van der Waals surface area contributed by atoms with Gasteiger partial charge in [0.15, 0.2) is 5.78 Å². The summed E-state index contributed by atoms with van der Waals surface area (Å²) < 4.78 is 5.01. The lowest BCUT2D eigenvalue weighted by Gasteiger charge is -2.31. The number of fused-ring (bicyclic) bond motifs is 2. The maximum Gasteiger partial charge on any atom is 0.308 e. The highest BCUT2D eigenvalue weighted by molar-refractivity contribution is 6.04. The van der Waals surface area contributed by atoms with Crippen LogP contribution in [0.3, 0.4) is 0 Å². The Morgan fingerprint density at radius 3 is 2.43 bits per heavy atom. The van der Waals surface area contributed by atoms with E-state index in [1.165, 1.54) is 6.92 Å². The molecule has 122 valence electrons. The predicted molar refractivity (Wildman–Crippen MR) is 89.1 cm³/mol. The molecule has 2 saturated carbocycles. The van der Waals surface area contributed by atoms with Crippen molar-refractivity contribution in [3.05, 3.63) is 36.0 Å². The number of carbonyl (C=O) groups is 2. The maximum absolute atomic E-state index is 12.7. The van der Waals surface area contributed by atoms with Gasteiger partial charge < -0.3 is 10.1 Å². The van der Waals surface area contributed by atoms with Crippen LogP contribution in [0.1, 0.15) is 40.5 Å². The van der Waals surface area contributed by atoms with E-state index in [9.17, 15) is 9.59 Å². The Labute approximate surface area is 136 Å². The summed E-state index contributed by atoms with van der Waals surface area (Å²) in [5.41, 5.74) is 1.57. The SMILES string of the molecule is CC(=O)Oc1ccc(N/C=C2\C(=O)[C@@]3(C)CC[C@@H]2C3(C)C)cc1. The molecule has 0 spiro atoms. The van der Waals surface area contributed by atoms with Crippen LogP contribution in [0, 0.1) is 16.7 Å². The first-order chi connectivity index (χ1) is 10.8. The molecule has 0 heterocycles. The van der Waals surface area contributed by atoms with Gasteiger partial charge in [0.05, 0.1) is 0 Å². The van der Waals surface area contributed by atoms with Crippen LogP contribution in [0.4, 0.5) is 5.69 Å². The Hall–Kier alpha value is -2.10. The molecule has 4 heteroatoms. The number of esters is 1. The summed E-state index contributed by atoms with van der Waals surface area (Å²) in [6, 6.07) is 7.13. The molecule has 3 rings (SSSR count). The van der Waals surface area contributed by atoms with Crippen molar-refractivity contribution in [3.8, 4) is 5.75 Å². The van der Waals surface area contributed by atoms with Crippen LogP contribution < -0.4 is 10.1 Å². The molecule has 23 heavy (non-hydrogen) atoms. The van der Waals surface area contributed by atoms with Gasteiger partial charge in [0.2, 0.25) is 0 Å². The lowest BCUT2D eigenvalue weighted by atomic mass is 9.70. The van der Waals surface area contributed by atoms with Gasteiger partial charge in [-0.1, -0.05) is 20.8 Å². The van der Waals surface area contributed by atoms with E-state index < -0.39 is 0 Å². The number of hydrogen-bond acceptors (Lipinski definition) is 4. The molecule has 2 fully saturated rings. The zero-order valence-corrected chi connectivity index (χ0v) is 14.1. The fourth-order valence-electron chi connectivity index (χ4n) is 4.04. The average Bonchev–Trinajstić information content (AvgIpc) is 2.79. The molecular formula is C19H23NO3. The number of anilines is 1. The molecule has 0 unspecified atom stereocenters. The minimum absolute atomic E-state index is 0.0246. The summed E-state index contributed by atoms with van der Waals surface area (Å²) in [5, 5.41) is 3.21. The molecular weight excluding hydrogens is 290 g/mol. The van der Waals surface area contributed by atoms with E-state index in [2.05, 4.69) is 26.1 Å². The summed E-state index contributed by atoms with van der Waals surface area (Å²) in [4.78, 5) is 23.6. The number of rotatable bonds is 3. The third kappa shape index (κ3) is 2.37. The van der Waals surface area contributed by atoms with Gasteiger partial charge >= 0.3 is 5.97 Å². The van der Waals surface area contributed by atoms with E-state index in [0.717, 1.165) is 24.1 Å². The Balaban J connectivity index is 1.76. The molecule has 0 aliphatic heterocycles. The zero-order chi connectivity index (χ0) is 16.8. The van der Waals surface area contributed by atoms with Crippen molar-refractivity contribution < 1.29 is 14.3 Å². The third-order valence-corrected chi connectivity index (χ3v) is 5.88. The third-order valence-electron chi connectivity index (χ3n) is 5.88. The fraction of sp³-hybridized carbons (Fsp3) is 0.474. The monoisotopic (exact) mass is 313 g/mol.